The summed E-state index contributed by atoms with van der Waals surface area (Å²) in [6, 6.07) is 4.20. The average molecular weight is 329 g/mol. The molecule has 7 heteroatoms. The van der Waals surface area contributed by atoms with Crippen LogP contribution in [0, 0.1) is 5.92 Å². The Bertz CT molecular complexity index is 569. The van der Waals surface area contributed by atoms with E-state index in [-0.39, 0.29) is 36.3 Å². The summed E-state index contributed by atoms with van der Waals surface area (Å²) in [6.45, 7) is 0.808. The monoisotopic (exact) mass is 329 g/mol. The van der Waals surface area contributed by atoms with Crippen molar-refractivity contribution in [1.82, 2.24) is 4.90 Å². The van der Waals surface area contributed by atoms with Crippen LogP contribution >= 0.6 is 0 Å². The van der Waals surface area contributed by atoms with E-state index in [1.165, 1.54) is 19.2 Å². The molecule has 0 unspecified atom stereocenters. The molecule has 1 aliphatic rings. The third-order valence-electron chi connectivity index (χ3n) is 3.91. The van der Waals surface area contributed by atoms with Crippen LogP contribution in [0.4, 0.5) is 13.2 Å². The predicted octanol–water partition coefficient (Wildman–Crippen LogP) is 2.77. The van der Waals surface area contributed by atoms with Crippen LogP contribution < -0.4 is 0 Å². The van der Waals surface area contributed by atoms with E-state index in [1.807, 2.05) is 0 Å². The van der Waals surface area contributed by atoms with Crippen LogP contribution in [0.15, 0.2) is 24.3 Å². The Morgan fingerprint density at radius 2 is 1.91 bits per heavy atom. The second kappa shape index (κ2) is 7.12. The first kappa shape index (κ1) is 17.5. The van der Waals surface area contributed by atoms with Crippen LogP contribution in [0.5, 0.6) is 0 Å². The summed E-state index contributed by atoms with van der Waals surface area (Å²) in [5.41, 5.74) is -0.543. The molecular formula is C16H18F3NO3. The molecule has 1 aromatic carbocycles. The number of hydrogen-bond donors (Lipinski definition) is 0. The maximum Gasteiger partial charge on any atom is 0.416 e. The van der Waals surface area contributed by atoms with Gasteiger partial charge in [0.25, 0.3) is 0 Å². The molecule has 0 radical (unpaired) electrons. The number of carbonyl (C=O) groups excluding carboxylic acids is 2. The van der Waals surface area contributed by atoms with Crippen LogP contribution in [0.2, 0.25) is 0 Å². The van der Waals surface area contributed by atoms with Gasteiger partial charge in [-0.1, -0.05) is 12.1 Å². The van der Waals surface area contributed by atoms with Gasteiger partial charge in [-0.3, -0.25) is 9.59 Å². The van der Waals surface area contributed by atoms with E-state index >= 15 is 0 Å². The van der Waals surface area contributed by atoms with Crippen molar-refractivity contribution in [3.8, 4) is 0 Å². The average Bonchev–Trinajstić information content (AvgIpc) is 2.54. The van der Waals surface area contributed by atoms with Gasteiger partial charge < -0.3 is 9.64 Å². The fourth-order valence-electron chi connectivity index (χ4n) is 2.69. The first-order valence-corrected chi connectivity index (χ1v) is 7.31. The van der Waals surface area contributed by atoms with Crippen molar-refractivity contribution in [2.24, 2.45) is 5.92 Å². The summed E-state index contributed by atoms with van der Waals surface area (Å²) >= 11 is 0. The van der Waals surface area contributed by atoms with Crippen LogP contribution in [-0.4, -0.2) is 43.4 Å². The highest BCUT2D eigenvalue weighted by atomic mass is 19.4. The van der Waals surface area contributed by atoms with Crippen LogP contribution in [0.1, 0.15) is 28.8 Å². The second-order valence-electron chi connectivity index (χ2n) is 5.55. The Kier molecular flexibility index (Phi) is 5.41. The lowest BCUT2D eigenvalue weighted by molar-refractivity contribution is -0.138. The topological polar surface area (TPSA) is 46.6 Å². The Hall–Kier alpha value is -1.89. The van der Waals surface area contributed by atoms with E-state index in [1.54, 1.807) is 4.90 Å². The third-order valence-corrected chi connectivity index (χ3v) is 3.91. The van der Waals surface area contributed by atoms with Crippen molar-refractivity contribution in [3.63, 3.8) is 0 Å². The number of amides is 1. The smallest absolute Gasteiger partial charge is 0.375 e. The van der Waals surface area contributed by atoms with Gasteiger partial charge >= 0.3 is 6.18 Å². The van der Waals surface area contributed by atoms with Gasteiger partial charge in [-0.2, -0.15) is 13.2 Å². The van der Waals surface area contributed by atoms with Crippen molar-refractivity contribution in [3.05, 3.63) is 35.4 Å². The number of Topliss-reactive ketones (excluding diaryl/α,β-unsaturated/α-hetero) is 1. The normalized spacial score (nSPS) is 18.8. The molecule has 1 fully saturated rings. The fraction of sp³-hybridized carbons (Fsp3) is 0.500. The summed E-state index contributed by atoms with van der Waals surface area (Å²) in [6.07, 6.45) is -3.11. The van der Waals surface area contributed by atoms with Crippen LogP contribution in [-0.2, 0) is 15.7 Å². The molecule has 1 amide bonds. The number of alkyl halides is 3. The molecule has 4 nitrogen and oxygen atoms in total. The summed E-state index contributed by atoms with van der Waals surface area (Å²) in [7, 11) is 1.42. The maximum atomic E-state index is 12.5. The molecule has 1 atom stereocenters. The number of rotatable bonds is 4. The van der Waals surface area contributed by atoms with Gasteiger partial charge in [0, 0.05) is 31.7 Å². The molecule has 0 N–H and O–H groups in total. The van der Waals surface area contributed by atoms with E-state index in [4.69, 9.17) is 4.74 Å². The number of ether oxygens (including phenoxy) is 1. The lowest BCUT2D eigenvalue weighted by Crippen LogP contribution is -2.43. The summed E-state index contributed by atoms with van der Waals surface area (Å²) in [5, 5.41) is 0. The molecular weight excluding hydrogens is 311 g/mol. The standard InChI is InChI=1S/C16H18F3NO3/c1-23-10-14(21)20-8-2-3-12(9-20)15(22)11-4-6-13(7-5-11)16(17,18)19/h4-7,12H,2-3,8-10H2,1H3/t12-/m0/s1. The summed E-state index contributed by atoms with van der Waals surface area (Å²) < 4.78 is 42.4. The highest BCUT2D eigenvalue weighted by Gasteiger charge is 2.32. The van der Waals surface area contributed by atoms with Gasteiger partial charge in [0.05, 0.1) is 5.56 Å². The highest BCUT2D eigenvalue weighted by molar-refractivity contribution is 5.98. The highest BCUT2D eigenvalue weighted by Crippen LogP contribution is 2.30. The van der Waals surface area contributed by atoms with E-state index in [0.29, 0.717) is 19.4 Å². The van der Waals surface area contributed by atoms with Crippen molar-refractivity contribution in [2.45, 2.75) is 19.0 Å². The molecule has 0 spiro atoms. The van der Waals surface area contributed by atoms with E-state index in [0.717, 1.165) is 12.1 Å². The van der Waals surface area contributed by atoms with Gasteiger partial charge in [0.1, 0.15) is 6.61 Å². The SMILES string of the molecule is COCC(=O)N1CCC[C@H](C(=O)c2ccc(C(F)(F)F)cc2)C1. The van der Waals surface area contributed by atoms with Crippen molar-refractivity contribution in [2.75, 3.05) is 26.8 Å². The minimum Gasteiger partial charge on any atom is -0.375 e. The molecule has 2 rings (SSSR count). The largest absolute Gasteiger partial charge is 0.416 e. The summed E-state index contributed by atoms with van der Waals surface area (Å²) in [4.78, 5) is 25.8. The minimum atomic E-state index is -4.42. The number of methoxy groups -OCH3 is 1. The number of carbonyl (C=O) groups is 2. The number of ketones is 1. The molecule has 0 bridgehead atoms. The number of benzene rings is 1. The second-order valence-corrected chi connectivity index (χ2v) is 5.55. The number of hydrogen-bond acceptors (Lipinski definition) is 3. The molecule has 1 aromatic rings. The molecule has 0 aliphatic carbocycles. The zero-order chi connectivity index (χ0) is 17.0. The first-order valence-electron chi connectivity index (χ1n) is 7.31. The molecule has 1 heterocycles. The summed E-state index contributed by atoms with van der Waals surface area (Å²) in [5.74, 6) is -0.799. The minimum absolute atomic E-state index is 0.0405. The van der Waals surface area contributed by atoms with Gasteiger partial charge in [0.2, 0.25) is 5.91 Å². The van der Waals surface area contributed by atoms with Crippen molar-refractivity contribution in [1.29, 1.82) is 0 Å². The third kappa shape index (κ3) is 4.31. The quantitative estimate of drug-likeness (QED) is 0.798. The molecule has 0 saturated carbocycles. The zero-order valence-electron chi connectivity index (χ0n) is 12.7. The number of nitrogens with zero attached hydrogens (tertiary/aromatic N) is 1. The molecule has 0 aromatic heterocycles. The molecule has 23 heavy (non-hydrogen) atoms. The Balaban J connectivity index is 2.06. The number of piperidine rings is 1. The van der Waals surface area contributed by atoms with Crippen LogP contribution in [0.3, 0.4) is 0 Å². The van der Waals surface area contributed by atoms with Gasteiger partial charge in [-0.05, 0) is 25.0 Å². The van der Waals surface area contributed by atoms with Crippen molar-refractivity contribution < 1.29 is 27.5 Å². The Morgan fingerprint density at radius 3 is 2.48 bits per heavy atom. The maximum absolute atomic E-state index is 12.5. The van der Waals surface area contributed by atoms with E-state index in [2.05, 4.69) is 0 Å². The van der Waals surface area contributed by atoms with Gasteiger partial charge in [-0.15, -0.1) is 0 Å². The lowest BCUT2D eigenvalue weighted by Gasteiger charge is -2.32. The first-order chi connectivity index (χ1) is 10.8. The van der Waals surface area contributed by atoms with Gasteiger partial charge in [-0.25, -0.2) is 0 Å². The van der Waals surface area contributed by atoms with Crippen molar-refractivity contribution >= 4 is 11.7 Å². The van der Waals surface area contributed by atoms with Gasteiger partial charge in [0.15, 0.2) is 5.78 Å². The zero-order valence-corrected chi connectivity index (χ0v) is 12.7. The predicted molar refractivity (Wildman–Crippen MR) is 77.0 cm³/mol. The Morgan fingerprint density at radius 1 is 1.26 bits per heavy atom. The number of halogens is 3. The van der Waals surface area contributed by atoms with Crippen LogP contribution in [0.25, 0.3) is 0 Å². The number of likely N-dealkylation sites (tertiary alicyclic amines) is 1. The molecule has 1 saturated heterocycles. The van der Waals surface area contributed by atoms with E-state index < -0.39 is 11.7 Å². The Labute approximate surface area is 132 Å². The molecule has 126 valence electrons. The lowest BCUT2D eigenvalue weighted by atomic mass is 9.89. The fourth-order valence-corrected chi connectivity index (χ4v) is 2.69. The van der Waals surface area contributed by atoms with E-state index in [9.17, 15) is 22.8 Å². The molecule has 1 aliphatic heterocycles.